The normalized spacial score (nSPS) is 16.9. The fraction of sp³-hybridized carbons (Fsp3) is 0.533. The van der Waals surface area contributed by atoms with E-state index >= 15 is 0 Å². The van der Waals surface area contributed by atoms with Crippen molar-refractivity contribution >= 4 is 26.9 Å². The van der Waals surface area contributed by atoms with Gasteiger partial charge in [-0.05, 0) is 39.8 Å². The van der Waals surface area contributed by atoms with Crippen molar-refractivity contribution < 1.29 is 14.1 Å². The first-order valence-corrected chi connectivity index (χ1v) is 9.05. The van der Waals surface area contributed by atoms with Gasteiger partial charge in [-0.25, -0.2) is 5.09 Å². The van der Waals surface area contributed by atoms with E-state index in [1.54, 1.807) is 6.92 Å². The first-order chi connectivity index (χ1) is 9.72. The molecule has 0 fully saturated rings. The van der Waals surface area contributed by atoms with Crippen LogP contribution in [-0.2, 0) is 9.53 Å². The third-order valence-electron chi connectivity index (χ3n) is 2.92. The molecule has 4 nitrogen and oxygen atoms in total. The quantitative estimate of drug-likeness (QED) is 0.345. The first-order valence-electron chi connectivity index (χ1n) is 6.90. The average molecular weight is 329 g/mol. The van der Waals surface area contributed by atoms with Crippen molar-refractivity contribution in [2.45, 2.75) is 38.7 Å². The summed E-state index contributed by atoms with van der Waals surface area (Å²) in [6.07, 6.45) is -0.132. The number of carbonyl (C=O) groups is 1. The molecule has 1 N–H and O–H groups in total. The Kier molecular flexibility index (Phi) is 6.98. The van der Waals surface area contributed by atoms with Gasteiger partial charge in [0.1, 0.15) is 5.75 Å². The molecular formula is C15H24NO3PS. The van der Waals surface area contributed by atoms with E-state index in [1.807, 2.05) is 57.8 Å². The summed E-state index contributed by atoms with van der Waals surface area (Å²) in [4.78, 5) is 11.3. The van der Waals surface area contributed by atoms with Crippen LogP contribution in [0.3, 0.4) is 0 Å². The highest BCUT2D eigenvalue weighted by atomic mass is 32.1. The standard InChI is InChI=1S/C15H24NO3PS/c1-11(2)18-14(17)12(3)15(4,21)16-20(5)19-13-9-7-6-8-10-13/h6-12,16,21H,1-5H3. The molecule has 21 heavy (non-hydrogen) atoms. The first kappa shape index (κ1) is 18.3. The highest BCUT2D eigenvalue weighted by Crippen LogP contribution is 2.36. The summed E-state index contributed by atoms with van der Waals surface area (Å²) in [5.41, 5.74) is 0. The fourth-order valence-corrected chi connectivity index (χ4v) is 3.48. The van der Waals surface area contributed by atoms with Crippen molar-refractivity contribution in [2.75, 3.05) is 6.66 Å². The zero-order chi connectivity index (χ0) is 16.0. The maximum atomic E-state index is 12.0. The van der Waals surface area contributed by atoms with Crippen LogP contribution in [0.25, 0.3) is 0 Å². The number of esters is 1. The van der Waals surface area contributed by atoms with Gasteiger partial charge in [-0.3, -0.25) is 4.79 Å². The molecule has 0 spiro atoms. The molecule has 3 atom stereocenters. The largest absolute Gasteiger partial charge is 0.463 e. The van der Waals surface area contributed by atoms with Gasteiger partial charge in [0.05, 0.1) is 16.9 Å². The molecule has 1 aromatic rings. The van der Waals surface area contributed by atoms with E-state index in [9.17, 15) is 4.79 Å². The number of hydrogen-bond donors (Lipinski definition) is 2. The van der Waals surface area contributed by atoms with Crippen LogP contribution in [0.15, 0.2) is 30.3 Å². The Morgan fingerprint density at radius 3 is 2.38 bits per heavy atom. The summed E-state index contributed by atoms with van der Waals surface area (Å²) >= 11 is 4.57. The maximum Gasteiger partial charge on any atom is 0.311 e. The number of ether oxygens (including phenoxy) is 1. The molecule has 0 aliphatic rings. The number of hydrogen-bond acceptors (Lipinski definition) is 5. The van der Waals surface area contributed by atoms with Crippen molar-refractivity contribution in [1.29, 1.82) is 0 Å². The van der Waals surface area contributed by atoms with Crippen molar-refractivity contribution in [3.05, 3.63) is 30.3 Å². The monoisotopic (exact) mass is 329 g/mol. The molecule has 0 amide bonds. The second-order valence-corrected chi connectivity index (χ2v) is 7.70. The number of para-hydroxylation sites is 1. The van der Waals surface area contributed by atoms with Crippen LogP contribution in [0.1, 0.15) is 27.7 Å². The summed E-state index contributed by atoms with van der Waals surface area (Å²) in [5.74, 6) is 0.130. The number of thiol groups is 1. The Morgan fingerprint density at radius 1 is 1.29 bits per heavy atom. The Hall–Kier alpha value is -0.770. The Morgan fingerprint density at radius 2 is 1.86 bits per heavy atom. The lowest BCUT2D eigenvalue weighted by Gasteiger charge is -2.33. The van der Waals surface area contributed by atoms with Gasteiger partial charge in [0.15, 0.2) is 8.30 Å². The second kappa shape index (κ2) is 8.02. The molecular weight excluding hydrogens is 305 g/mol. The number of nitrogens with one attached hydrogen (secondary N) is 1. The van der Waals surface area contributed by atoms with Gasteiger partial charge >= 0.3 is 5.97 Å². The van der Waals surface area contributed by atoms with Crippen LogP contribution in [0.4, 0.5) is 0 Å². The lowest BCUT2D eigenvalue weighted by Crippen LogP contribution is -2.44. The predicted molar refractivity (Wildman–Crippen MR) is 90.8 cm³/mol. The minimum Gasteiger partial charge on any atom is -0.463 e. The zero-order valence-electron chi connectivity index (χ0n) is 13.2. The average Bonchev–Trinajstić information content (AvgIpc) is 2.37. The third-order valence-corrected chi connectivity index (χ3v) is 4.86. The Labute approximate surface area is 133 Å². The zero-order valence-corrected chi connectivity index (χ0v) is 14.9. The van der Waals surface area contributed by atoms with Crippen molar-refractivity contribution in [2.24, 2.45) is 5.92 Å². The Bertz CT molecular complexity index is 453. The minimum atomic E-state index is -0.957. The van der Waals surface area contributed by atoms with Gasteiger partial charge in [-0.15, -0.1) is 0 Å². The number of carbonyl (C=O) groups excluding carboxylic acids is 1. The van der Waals surface area contributed by atoms with Crippen LogP contribution >= 0.6 is 20.9 Å². The summed E-state index contributed by atoms with van der Waals surface area (Å²) in [6, 6.07) is 9.56. The Balaban J connectivity index is 2.59. The molecule has 0 saturated carbocycles. The topological polar surface area (TPSA) is 47.6 Å². The van der Waals surface area contributed by atoms with E-state index < -0.39 is 19.1 Å². The summed E-state index contributed by atoms with van der Waals surface area (Å²) in [6.45, 7) is 9.27. The smallest absolute Gasteiger partial charge is 0.311 e. The molecule has 0 aliphatic carbocycles. The molecule has 6 heteroatoms. The van der Waals surface area contributed by atoms with Crippen molar-refractivity contribution in [3.63, 3.8) is 0 Å². The fourth-order valence-electron chi connectivity index (χ4n) is 1.64. The number of rotatable bonds is 7. The van der Waals surface area contributed by atoms with Gasteiger partial charge in [0, 0.05) is 6.66 Å². The molecule has 0 radical (unpaired) electrons. The van der Waals surface area contributed by atoms with Crippen LogP contribution in [0, 0.1) is 5.92 Å². The van der Waals surface area contributed by atoms with E-state index in [-0.39, 0.29) is 12.1 Å². The third kappa shape index (κ3) is 6.25. The van der Waals surface area contributed by atoms with Crippen LogP contribution in [-0.4, -0.2) is 23.6 Å². The summed E-state index contributed by atoms with van der Waals surface area (Å²) in [7, 11) is -0.957. The van der Waals surface area contributed by atoms with E-state index in [2.05, 4.69) is 17.7 Å². The lowest BCUT2D eigenvalue weighted by atomic mass is 10.0. The van der Waals surface area contributed by atoms with Gasteiger partial charge < -0.3 is 9.26 Å². The van der Waals surface area contributed by atoms with Gasteiger partial charge in [0.2, 0.25) is 0 Å². The molecule has 0 aromatic heterocycles. The van der Waals surface area contributed by atoms with Crippen LogP contribution in [0.5, 0.6) is 5.75 Å². The van der Waals surface area contributed by atoms with E-state index in [1.165, 1.54) is 0 Å². The molecule has 0 saturated heterocycles. The van der Waals surface area contributed by atoms with Crippen molar-refractivity contribution in [3.8, 4) is 5.75 Å². The summed E-state index contributed by atoms with van der Waals surface area (Å²) in [5, 5.41) is 3.26. The highest BCUT2D eigenvalue weighted by molar-refractivity contribution is 7.82. The SMILES string of the molecule is CC(C)OC(=O)C(C)C(C)(S)NP(C)Oc1ccccc1. The van der Waals surface area contributed by atoms with E-state index in [0.29, 0.717) is 0 Å². The molecule has 118 valence electrons. The summed E-state index contributed by atoms with van der Waals surface area (Å²) < 4.78 is 11.1. The highest BCUT2D eigenvalue weighted by Gasteiger charge is 2.35. The molecule has 0 bridgehead atoms. The molecule has 3 unspecified atom stereocenters. The number of benzene rings is 1. The molecule has 1 rings (SSSR count). The van der Waals surface area contributed by atoms with Crippen molar-refractivity contribution in [1.82, 2.24) is 5.09 Å². The van der Waals surface area contributed by atoms with Gasteiger partial charge in [-0.2, -0.15) is 12.6 Å². The maximum absolute atomic E-state index is 12.0. The van der Waals surface area contributed by atoms with Gasteiger partial charge in [-0.1, -0.05) is 18.2 Å². The van der Waals surface area contributed by atoms with E-state index in [4.69, 9.17) is 9.26 Å². The van der Waals surface area contributed by atoms with Crippen LogP contribution in [0.2, 0.25) is 0 Å². The van der Waals surface area contributed by atoms with E-state index in [0.717, 1.165) is 5.75 Å². The molecule has 1 aromatic carbocycles. The minimum absolute atomic E-state index is 0.132. The van der Waals surface area contributed by atoms with Gasteiger partial charge in [0.25, 0.3) is 0 Å². The lowest BCUT2D eigenvalue weighted by molar-refractivity contribution is -0.152. The predicted octanol–water partition coefficient (Wildman–Crippen LogP) is 3.83. The van der Waals surface area contributed by atoms with Crippen LogP contribution < -0.4 is 9.61 Å². The second-order valence-electron chi connectivity index (χ2n) is 5.37. The molecule has 0 heterocycles. The molecule has 0 aliphatic heterocycles.